The summed E-state index contributed by atoms with van der Waals surface area (Å²) in [6.45, 7) is 5.05. The predicted molar refractivity (Wildman–Crippen MR) is 131 cm³/mol. The molecule has 0 atom stereocenters. The van der Waals surface area contributed by atoms with Gasteiger partial charge in [0.05, 0.1) is 5.75 Å². The van der Waals surface area contributed by atoms with Crippen LogP contribution in [0, 0.1) is 13.8 Å². The molecule has 4 rings (SSSR count). The van der Waals surface area contributed by atoms with Crippen LogP contribution < -0.4 is 5.32 Å². The number of rotatable bonds is 7. The van der Waals surface area contributed by atoms with E-state index in [0.29, 0.717) is 11.8 Å². The molecule has 31 heavy (non-hydrogen) atoms. The predicted octanol–water partition coefficient (Wildman–Crippen LogP) is 5.80. The maximum absolute atomic E-state index is 12.8. The van der Waals surface area contributed by atoms with E-state index in [0.717, 1.165) is 27.5 Å². The third-order valence-corrected chi connectivity index (χ3v) is 8.28. The van der Waals surface area contributed by atoms with Crippen molar-refractivity contribution in [3.8, 4) is 0 Å². The zero-order valence-corrected chi connectivity index (χ0v) is 20.1. The van der Waals surface area contributed by atoms with Crippen molar-refractivity contribution in [2.45, 2.75) is 63.6 Å². The molecule has 2 aromatic heterocycles. The van der Waals surface area contributed by atoms with E-state index in [-0.39, 0.29) is 5.91 Å². The summed E-state index contributed by atoms with van der Waals surface area (Å²) < 4.78 is 0. The van der Waals surface area contributed by atoms with E-state index >= 15 is 0 Å². The number of aryl methyl sites for hydroxylation is 2. The lowest BCUT2D eigenvalue weighted by Crippen LogP contribution is -2.33. The Balaban J connectivity index is 1.40. The van der Waals surface area contributed by atoms with Gasteiger partial charge in [-0.25, -0.2) is 9.97 Å². The molecule has 1 aromatic carbocycles. The molecule has 0 unspecified atom stereocenters. The Bertz CT molecular complexity index is 1060. The molecule has 7 heteroatoms. The van der Waals surface area contributed by atoms with Crippen LogP contribution in [-0.4, -0.2) is 39.6 Å². The molecule has 2 heterocycles. The van der Waals surface area contributed by atoms with E-state index in [1.807, 2.05) is 18.2 Å². The first kappa shape index (κ1) is 22.2. The highest BCUT2D eigenvalue weighted by Gasteiger charge is 2.19. The molecule has 1 fully saturated rings. The maximum Gasteiger partial charge on any atom is 0.234 e. The van der Waals surface area contributed by atoms with Crippen molar-refractivity contribution in [3.63, 3.8) is 0 Å². The van der Waals surface area contributed by atoms with Crippen molar-refractivity contribution >= 4 is 44.9 Å². The van der Waals surface area contributed by atoms with Crippen molar-refractivity contribution < 1.29 is 4.79 Å². The zero-order chi connectivity index (χ0) is 21.8. The highest BCUT2D eigenvalue weighted by molar-refractivity contribution is 8.00. The quantitative estimate of drug-likeness (QED) is 0.361. The zero-order valence-electron chi connectivity index (χ0n) is 18.5. The second-order valence-corrected chi connectivity index (χ2v) is 10.5. The summed E-state index contributed by atoms with van der Waals surface area (Å²) in [5, 5.41) is 5.09. The van der Waals surface area contributed by atoms with E-state index in [1.165, 1.54) is 59.9 Å². The van der Waals surface area contributed by atoms with Gasteiger partial charge in [-0.1, -0.05) is 49.2 Å². The van der Waals surface area contributed by atoms with Gasteiger partial charge in [-0.3, -0.25) is 9.69 Å². The lowest BCUT2D eigenvalue weighted by Gasteiger charge is -2.31. The highest BCUT2D eigenvalue weighted by Crippen LogP contribution is 2.34. The van der Waals surface area contributed by atoms with Crippen LogP contribution in [0.25, 0.3) is 10.2 Å². The van der Waals surface area contributed by atoms with Gasteiger partial charge in [-0.2, -0.15) is 0 Å². The van der Waals surface area contributed by atoms with Gasteiger partial charge in [-0.15, -0.1) is 11.3 Å². The largest absolute Gasteiger partial charge is 0.325 e. The van der Waals surface area contributed by atoms with Gasteiger partial charge >= 0.3 is 0 Å². The topological polar surface area (TPSA) is 58.1 Å². The van der Waals surface area contributed by atoms with Gasteiger partial charge in [0.25, 0.3) is 0 Å². The molecule has 0 radical (unpaired) electrons. The van der Waals surface area contributed by atoms with Crippen molar-refractivity contribution in [3.05, 3.63) is 46.6 Å². The molecule has 0 saturated heterocycles. The van der Waals surface area contributed by atoms with Gasteiger partial charge in [0.15, 0.2) is 0 Å². The Hall–Kier alpha value is -1.96. The molecule has 1 amide bonds. The standard InChI is InChI=1S/C24H30N4OS2/c1-16-17(2)31-24-22(16)23(25-15-26-24)30-14-21(29)27-20-12-8-7-9-18(20)13-28(3)19-10-5-4-6-11-19/h7-9,12,15,19H,4-6,10-11,13-14H2,1-3H3,(H,27,29). The fourth-order valence-electron chi connectivity index (χ4n) is 4.28. The van der Waals surface area contributed by atoms with E-state index < -0.39 is 0 Å². The average Bonchev–Trinajstić information content (AvgIpc) is 3.08. The number of amides is 1. The van der Waals surface area contributed by atoms with E-state index in [2.05, 4.69) is 47.1 Å². The smallest absolute Gasteiger partial charge is 0.234 e. The fourth-order valence-corrected chi connectivity index (χ4v) is 6.20. The van der Waals surface area contributed by atoms with Crippen LogP contribution in [0.4, 0.5) is 5.69 Å². The second kappa shape index (κ2) is 10.1. The normalized spacial score (nSPS) is 15.0. The van der Waals surface area contributed by atoms with Crippen LogP contribution in [-0.2, 0) is 11.3 Å². The highest BCUT2D eigenvalue weighted by atomic mass is 32.2. The van der Waals surface area contributed by atoms with E-state index in [9.17, 15) is 4.79 Å². The first-order valence-corrected chi connectivity index (χ1v) is 12.7. The Morgan fingerprint density at radius 3 is 2.77 bits per heavy atom. The van der Waals surface area contributed by atoms with Crippen LogP contribution in [0.1, 0.15) is 48.1 Å². The van der Waals surface area contributed by atoms with Gasteiger partial charge < -0.3 is 5.32 Å². The number of thiophene rings is 1. The summed E-state index contributed by atoms with van der Waals surface area (Å²) in [5.74, 6) is 0.321. The number of nitrogens with one attached hydrogen (secondary N) is 1. The number of benzene rings is 1. The number of nitrogens with zero attached hydrogens (tertiary/aromatic N) is 3. The van der Waals surface area contributed by atoms with E-state index in [4.69, 9.17) is 0 Å². The van der Waals surface area contributed by atoms with Gasteiger partial charge in [0, 0.05) is 28.5 Å². The maximum atomic E-state index is 12.8. The molecule has 5 nitrogen and oxygen atoms in total. The number of carbonyl (C=O) groups is 1. The van der Waals surface area contributed by atoms with Crippen LogP contribution >= 0.6 is 23.1 Å². The summed E-state index contributed by atoms with van der Waals surface area (Å²) in [6.07, 6.45) is 8.15. The number of para-hydroxylation sites is 1. The molecular weight excluding hydrogens is 424 g/mol. The molecule has 164 valence electrons. The molecule has 0 bridgehead atoms. The Kier molecular flexibility index (Phi) is 7.25. The summed E-state index contributed by atoms with van der Waals surface area (Å²) in [6, 6.07) is 8.80. The van der Waals surface area contributed by atoms with Gasteiger partial charge in [0.2, 0.25) is 5.91 Å². The summed E-state index contributed by atoms with van der Waals surface area (Å²) >= 11 is 3.16. The van der Waals surface area contributed by atoms with Gasteiger partial charge in [0.1, 0.15) is 16.2 Å². The van der Waals surface area contributed by atoms with Crippen LogP contribution in [0.15, 0.2) is 35.6 Å². The van der Waals surface area contributed by atoms with Crippen molar-refractivity contribution in [1.29, 1.82) is 0 Å². The number of hydrogen-bond donors (Lipinski definition) is 1. The number of anilines is 1. The Labute approximate surface area is 192 Å². The Morgan fingerprint density at radius 2 is 1.97 bits per heavy atom. The van der Waals surface area contributed by atoms with Crippen molar-refractivity contribution in [2.24, 2.45) is 0 Å². The summed E-state index contributed by atoms with van der Waals surface area (Å²) in [4.78, 5) is 26.3. The molecule has 1 N–H and O–H groups in total. The lowest BCUT2D eigenvalue weighted by molar-refractivity contribution is -0.113. The second-order valence-electron chi connectivity index (χ2n) is 8.34. The molecule has 1 saturated carbocycles. The fraction of sp³-hybridized carbons (Fsp3) is 0.458. The minimum absolute atomic E-state index is 0.00543. The molecule has 3 aromatic rings. The molecular formula is C24H30N4OS2. The van der Waals surface area contributed by atoms with Crippen molar-refractivity contribution in [2.75, 3.05) is 18.1 Å². The van der Waals surface area contributed by atoms with Crippen LogP contribution in [0.2, 0.25) is 0 Å². The number of aromatic nitrogens is 2. The van der Waals surface area contributed by atoms with Crippen LogP contribution in [0.3, 0.4) is 0 Å². The third-order valence-electron chi connectivity index (χ3n) is 6.18. The van der Waals surface area contributed by atoms with Crippen molar-refractivity contribution in [1.82, 2.24) is 14.9 Å². The first-order valence-electron chi connectivity index (χ1n) is 10.9. The van der Waals surface area contributed by atoms with Gasteiger partial charge in [-0.05, 0) is 50.9 Å². The monoisotopic (exact) mass is 454 g/mol. The lowest BCUT2D eigenvalue weighted by atomic mass is 9.94. The van der Waals surface area contributed by atoms with E-state index in [1.54, 1.807) is 17.7 Å². The number of thioether (sulfide) groups is 1. The minimum Gasteiger partial charge on any atom is -0.325 e. The molecule has 1 aliphatic carbocycles. The average molecular weight is 455 g/mol. The Morgan fingerprint density at radius 1 is 1.19 bits per heavy atom. The summed E-state index contributed by atoms with van der Waals surface area (Å²) in [5.41, 5.74) is 3.29. The SMILES string of the molecule is Cc1sc2ncnc(SCC(=O)Nc3ccccc3CN(C)C3CCCCC3)c2c1C. The molecule has 1 aliphatic rings. The van der Waals surface area contributed by atoms with Crippen LogP contribution in [0.5, 0.6) is 0 Å². The first-order chi connectivity index (χ1) is 15.0. The molecule has 0 spiro atoms. The number of hydrogen-bond acceptors (Lipinski definition) is 6. The molecule has 0 aliphatic heterocycles. The number of fused-ring (bicyclic) bond motifs is 1. The minimum atomic E-state index is -0.00543. The third kappa shape index (κ3) is 5.27. The summed E-state index contributed by atoms with van der Waals surface area (Å²) in [7, 11) is 2.20. The number of carbonyl (C=O) groups excluding carboxylic acids is 1.